The number of nitrogens with zero attached hydrogens (tertiary/aromatic N) is 3. The van der Waals surface area contributed by atoms with E-state index in [2.05, 4.69) is 50.2 Å². The van der Waals surface area contributed by atoms with E-state index in [1.807, 2.05) is 6.92 Å². The number of fused-ring (bicyclic) bond motifs is 1. The van der Waals surface area contributed by atoms with Gasteiger partial charge in [0.2, 0.25) is 0 Å². The Morgan fingerprint density at radius 1 is 1.18 bits per heavy atom. The molecule has 2 heterocycles. The lowest BCUT2D eigenvalue weighted by Crippen LogP contribution is -2.24. The van der Waals surface area contributed by atoms with Gasteiger partial charge in [0.05, 0.1) is 0 Å². The van der Waals surface area contributed by atoms with E-state index in [9.17, 15) is 0 Å². The topological polar surface area (TPSA) is 30.7 Å². The normalized spacial score (nSPS) is 12.4. The monoisotopic (exact) mass is 231 g/mol. The zero-order valence-electron chi connectivity index (χ0n) is 11.6. The van der Waals surface area contributed by atoms with Crippen LogP contribution in [-0.2, 0) is 12.0 Å². The van der Waals surface area contributed by atoms with Crippen LogP contribution in [0.25, 0.3) is 11.2 Å². The van der Waals surface area contributed by atoms with Gasteiger partial charge >= 0.3 is 0 Å². The number of imidazole rings is 1. The quantitative estimate of drug-likeness (QED) is 0.753. The lowest BCUT2D eigenvalue weighted by atomic mass is 10.1. The van der Waals surface area contributed by atoms with E-state index >= 15 is 0 Å². The molecule has 0 saturated heterocycles. The minimum atomic E-state index is 0.0212. The first-order chi connectivity index (χ1) is 7.84. The summed E-state index contributed by atoms with van der Waals surface area (Å²) in [6.45, 7) is 12.9. The molecule has 0 bridgehead atoms. The Morgan fingerprint density at radius 2 is 1.82 bits per heavy atom. The molecule has 0 aliphatic heterocycles. The lowest BCUT2D eigenvalue weighted by molar-refractivity contribution is 0.393. The van der Waals surface area contributed by atoms with Crippen LogP contribution in [0.2, 0.25) is 0 Å². The van der Waals surface area contributed by atoms with Crippen molar-refractivity contribution in [2.45, 2.75) is 53.5 Å². The molecule has 3 nitrogen and oxygen atoms in total. The highest BCUT2D eigenvalue weighted by Crippen LogP contribution is 2.26. The average molecular weight is 231 g/mol. The average Bonchev–Trinajstić information content (AvgIpc) is 2.55. The van der Waals surface area contributed by atoms with Gasteiger partial charge in [-0.15, -0.1) is 0 Å². The van der Waals surface area contributed by atoms with Crippen molar-refractivity contribution in [1.82, 2.24) is 14.5 Å². The summed E-state index contributed by atoms with van der Waals surface area (Å²) in [4.78, 5) is 9.41. The van der Waals surface area contributed by atoms with E-state index in [0.29, 0.717) is 0 Å². The minimum Gasteiger partial charge on any atom is -0.307 e. The van der Waals surface area contributed by atoms with Crippen molar-refractivity contribution in [3.05, 3.63) is 23.1 Å². The first kappa shape index (κ1) is 12.1. The summed E-state index contributed by atoms with van der Waals surface area (Å²) >= 11 is 0. The zero-order chi connectivity index (χ0) is 12.8. The lowest BCUT2D eigenvalue weighted by Gasteiger charge is -2.23. The van der Waals surface area contributed by atoms with Crippen LogP contribution in [0.3, 0.4) is 0 Å². The number of rotatable bonds is 1. The van der Waals surface area contributed by atoms with Gasteiger partial charge in [-0.25, -0.2) is 9.97 Å². The van der Waals surface area contributed by atoms with E-state index in [4.69, 9.17) is 4.98 Å². The van der Waals surface area contributed by atoms with E-state index in [0.717, 1.165) is 29.1 Å². The Hall–Kier alpha value is -1.38. The SMILES string of the molecule is CCc1nc2c(C)cc(C)nc2n1C(C)(C)C. The van der Waals surface area contributed by atoms with Gasteiger partial charge < -0.3 is 4.57 Å². The second-order valence-corrected chi connectivity index (χ2v) is 5.64. The maximum absolute atomic E-state index is 4.74. The van der Waals surface area contributed by atoms with Crippen molar-refractivity contribution in [2.75, 3.05) is 0 Å². The smallest absolute Gasteiger partial charge is 0.161 e. The van der Waals surface area contributed by atoms with Crippen LogP contribution in [-0.4, -0.2) is 14.5 Å². The molecular formula is C14H21N3. The standard InChI is InChI=1S/C14H21N3/c1-7-11-16-12-9(2)8-10(3)15-13(12)17(11)14(4,5)6/h8H,7H2,1-6H3. The summed E-state index contributed by atoms with van der Waals surface area (Å²) in [5, 5.41) is 0. The van der Waals surface area contributed by atoms with Crippen molar-refractivity contribution in [1.29, 1.82) is 0 Å². The molecule has 0 spiro atoms. The van der Waals surface area contributed by atoms with E-state index < -0.39 is 0 Å². The number of aromatic nitrogens is 3. The maximum Gasteiger partial charge on any atom is 0.161 e. The molecule has 0 aliphatic carbocycles. The maximum atomic E-state index is 4.74. The molecule has 2 aromatic heterocycles. The molecule has 0 unspecified atom stereocenters. The molecule has 0 atom stereocenters. The van der Waals surface area contributed by atoms with Crippen LogP contribution in [0.1, 0.15) is 44.8 Å². The molecule has 3 heteroatoms. The second kappa shape index (κ2) is 3.83. The van der Waals surface area contributed by atoms with Crippen LogP contribution >= 0.6 is 0 Å². The molecule has 0 fully saturated rings. The van der Waals surface area contributed by atoms with Crippen LogP contribution in [0, 0.1) is 13.8 Å². The van der Waals surface area contributed by atoms with Crippen molar-refractivity contribution in [2.24, 2.45) is 0 Å². The molecule has 92 valence electrons. The van der Waals surface area contributed by atoms with E-state index in [-0.39, 0.29) is 5.54 Å². The molecule has 2 aromatic rings. The summed E-state index contributed by atoms with van der Waals surface area (Å²) in [6, 6.07) is 2.10. The highest BCUT2D eigenvalue weighted by Gasteiger charge is 2.22. The van der Waals surface area contributed by atoms with Gasteiger partial charge in [0.25, 0.3) is 0 Å². The molecule has 17 heavy (non-hydrogen) atoms. The molecule has 2 rings (SSSR count). The Balaban J connectivity index is 2.88. The summed E-state index contributed by atoms with van der Waals surface area (Å²) in [5.74, 6) is 1.12. The van der Waals surface area contributed by atoms with Gasteiger partial charge in [0.1, 0.15) is 11.3 Å². The highest BCUT2D eigenvalue weighted by molar-refractivity contribution is 5.76. The third kappa shape index (κ3) is 1.94. The zero-order valence-corrected chi connectivity index (χ0v) is 11.6. The van der Waals surface area contributed by atoms with Crippen LogP contribution in [0.4, 0.5) is 0 Å². The van der Waals surface area contributed by atoms with Crippen molar-refractivity contribution in [3.63, 3.8) is 0 Å². The Kier molecular flexibility index (Phi) is 2.72. The Morgan fingerprint density at radius 3 is 2.35 bits per heavy atom. The van der Waals surface area contributed by atoms with Crippen LogP contribution in [0.5, 0.6) is 0 Å². The van der Waals surface area contributed by atoms with Gasteiger partial charge in [-0.1, -0.05) is 6.92 Å². The van der Waals surface area contributed by atoms with Gasteiger partial charge in [0.15, 0.2) is 5.65 Å². The molecular weight excluding hydrogens is 210 g/mol. The fourth-order valence-corrected chi connectivity index (χ4v) is 2.35. The number of hydrogen-bond acceptors (Lipinski definition) is 2. The fourth-order valence-electron chi connectivity index (χ4n) is 2.35. The van der Waals surface area contributed by atoms with Gasteiger partial charge in [-0.05, 0) is 46.2 Å². The van der Waals surface area contributed by atoms with Crippen molar-refractivity contribution < 1.29 is 0 Å². The van der Waals surface area contributed by atoms with Gasteiger partial charge in [-0.2, -0.15) is 0 Å². The number of pyridine rings is 1. The molecule has 0 amide bonds. The van der Waals surface area contributed by atoms with Crippen molar-refractivity contribution >= 4 is 11.2 Å². The van der Waals surface area contributed by atoms with Gasteiger partial charge in [-0.3, -0.25) is 0 Å². The van der Waals surface area contributed by atoms with Crippen LogP contribution < -0.4 is 0 Å². The Bertz CT molecular complexity index is 559. The molecule has 0 N–H and O–H groups in total. The fraction of sp³-hybridized carbons (Fsp3) is 0.571. The summed E-state index contributed by atoms with van der Waals surface area (Å²) in [7, 11) is 0. The van der Waals surface area contributed by atoms with Crippen LogP contribution in [0.15, 0.2) is 6.07 Å². The van der Waals surface area contributed by atoms with E-state index in [1.54, 1.807) is 0 Å². The summed E-state index contributed by atoms with van der Waals surface area (Å²) < 4.78 is 2.27. The molecule has 0 aromatic carbocycles. The summed E-state index contributed by atoms with van der Waals surface area (Å²) in [5.41, 5.74) is 4.36. The predicted molar refractivity (Wildman–Crippen MR) is 71.4 cm³/mol. The number of aryl methyl sites for hydroxylation is 3. The first-order valence-corrected chi connectivity index (χ1v) is 6.20. The molecule has 0 aliphatic rings. The van der Waals surface area contributed by atoms with E-state index in [1.165, 1.54) is 5.56 Å². The third-order valence-electron chi connectivity index (χ3n) is 2.99. The predicted octanol–water partition coefficient (Wildman–Crippen LogP) is 3.37. The summed E-state index contributed by atoms with van der Waals surface area (Å²) in [6.07, 6.45) is 0.937. The Labute approximate surface area is 103 Å². The second-order valence-electron chi connectivity index (χ2n) is 5.64. The molecule has 0 radical (unpaired) electrons. The number of hydrogen-bond donors (Lipinski definition) is 0. The van der Waals surface area contributed by atoms with Crippen molar-refractivity contribution in [3.8, 4) is 0 Å². The molecule has 0 saturated carbocycles. The highest BCUT2D eigenvalue weighted by atomic mass is 15.2. The first-order valence-electron chi connectivity index (χ1n) is 6.20. The largest absolute Gasteiger partial charge is 0.307 e. The third-order valence-corrected chi connectivity index (χ3v) is 2.99. The van der Waals surface area contributed by atoms with Gasteiger partial charge in [0, 0.05) is 17.7 Å². The minimum absolute atomic E-state index is 0.0212.